The van der Waals surface area contributed by atoms with Crippen molar-refractivity contribution in [1.29, 1.82) is 0 Å². The van der Waals surface area contributed by atoms with Gasteiger partial charge in [-0.05, 0) is 72.9 Å². The summed E-state index contributed by atoms with van der Waals surface area (Å²) in [4.78, 5) is 8.98. The Morgan fingerprint density at radius 3 is 1.83 bits per heavy atom. The van der Waals surface area contributed by atoms with Gasteiger partial charge < -0.3 is 9.80 Å². The summed E-state index contributed by atoms with van der Waals surface area (Å²) in [5.41, 5.74) is 7.60. The van der Waals surface area contributed by atoms with Gasteiger partial charge >= 0.3 is 0 Å². The Morgan fingerprint density at radius 1 is 0.583 bits per heavy atom. The van der Waals surface area contributed by atoms with Crippen LogP contribution in [-0.4, -0.2) is 15.2 Å². The largest absolute Gasteiger partial charge is 0.317 e. The molecule has 0 fully saturated rings. The maximum atomic E-state index is 4.69. The molecule has 0 aromatic heterocycles. The second-order valence-electron chi connectivity index (χ2n) is 8.35. The fourth-order valence-electron chi connectivity index (χ4n) is 4.24. The summed E-state index contributed by atoms with van der Waals surface area (Å²) in [5, 5.41) is 8.85. The van der Waals surface area contributed by atoms with Crippen molar-refractivity contribution in [1.82, 2.24) is 15.2 Å². The third-order valence-corrected chi connectivity index (χ3v) is 6.01. The third-order valence-electron chi connectivity index (χ3n) is 6.01. The molecule has 5 heteroatoms. The zero-order chi connectivity index (χ0) is 24.2. The van der Waals surface area contributed by atoms with E-state index in [1.165, 1.54) is 0 Å². The molecule has 0 aliphatic carbocycles. The molecular formula is C31H23N5. The van der Waals surface area contributed by atoms with Crippen LogP contribution in [0.1, 0.15) is 11.4 Å². The van der Waals surface area contributed by atoms with Gasteiger partial charge in [0.05, 0.1) is 17.6 Å². The molecule has 0 saturated carbocycles. The number of allylic oxidation sites excluding steroid dienone is 6. The number of nitrogens with zero attached hydrogens (tertiary/aromatic N) is 5. The van der Waals surface area contributed by atoms with Gasteiger partial charge in [-0.2, -0.15) is 0 Å². The van der Waals surface area contributed by atoms with E-state index in [0.717, 1.165) is 45.4 Å². The number of hydrogen-bond acceptors (Lipinski definition) is 5. The molecular weight excluding hydrogens is 442 g/mol. The minimum absolute atomic E-state index is 0.757. The molecule has 0 saturated heterocycles. The van der Waals surface area contributed by atoms with Crippen LogP contribution in [0.25, 0.3) is 23.4 Å². The number of anilines is 2. The normalized spacial score (nSPS) is 17.0. The van der Waals surface area contributed by atoms with E-state index in [1.807, 2.05) is 72.8 Å². The molecule has 5 nitrogen and oxygen atoms in total. The number of hydrogen-bond donors (Lipinski definition) is 0. The lowest BCUT2D eigenvalue weighted by Crippen LogP contribution is -2.15. The molecule has 6 rings (SSSR count). The predicted molar refractivity (Wildman–Crippen MR) is 147 cm³/mol. The smallest absolute Gasteiger partial charge is 0.113 e. The van der Waals surface area contributed by atoms with Crippen LogP contribution >= 0.6 is 0 Å². The summed E-state index contributed by atoms with van der Waals surface area (Å²) in [6.45, 7) is 0. The van der Waals surface area contributed by atoms with Crippen molar-refractivity contribution < 1.29 is 0 Å². The van der Waals surface area contributed by atoms with Crippen LogP contribution in [0.2, 0.25) is 0 Å². The molecule has 2 aromatic rings. The van der Waals surface area contributed by atoms with Crippen LogP contribution in [0, 0.1) is 0 Å². The van der Waals surface area contributed by atoms with Gasteiger partial charge in [0.15, 0.2) is 0 Å². The molecule has 4 aliphatic heterocycles. The number of benzene rings is 2. The fourth-order valence-corrected chi connectivity index (χ4v) is 4.24. The first kappa shape index (κ1) is 21.5. The van der Waals surface area contributed by atoms with Gasteiger partial charge in [0.1, 0.15) is 5.69 Å². The molecule has 2 aromatic carbocycles. The zero-order valence-corrected chi connectivity index (χ0v) is 19.5. The van der Waals surface area contributed by atoms with E-state index in [9.17, 15) is 0 Å². The van der Waals surface area contributed by atoms with E-state index in [1.54, 1.807) is 6.20 Å². The van der Waals surface area contributed by atoms with Crippen molar-refractivity contribution in [3.63, 3.8) is 0 Å². The first-order valence-corrected chi connectivity index (χ1v) is 11.8. The van der Waals surface area contributed by atoms with Crippen LogP contribution < -0.4 is 9.80 Å². The molecule has 0 atom stereocenters. The summed E-state index contributed by atoms with van der Waals surface area (Å²) >= 11 is 0. The first-order chi connectivity index (χ1) is 17.8. The Hall–Kier alpha value is -5.03. The monoisotopic (exact) mass is 465 g/mol. The average Bonchev–Trinajstić information content (AvgIpc) is 3.21. The Balaban J connectivity index is 1.34. The molecule has 0 unspecified atom stereocenters. The number of fused-ring (bicyclic) bond motifs is 1. The third kappa shape index (κ3) is 4.38. The van der Waals surface area contributed by atoms with Crippen molar-refractivity contribution in [2.24, 2.45) is 0 Å². The van der Waals surface area contributed by atoms with Crippen molar-refractivity contribution in [3.8, 4) is 11.3 Å². The first-order valence-electron chi connectivity index (χ1n) is 11.8. The highest BCUT2D eigenvalue weighted by Gasteiger charge is 2.15. The van der Waals surface area contributed by atoms with E-state index in [0.29, 0.717) is 0 Å². The highest BCUT2D eigenvalue weighted by molar-refractivity contribution is 5.77. The average molecular weight is 466 g/mol. The summed E-state index contributed by atoms with van der Waals surface area (Å²) in [5.74, 6) is 0. The molecule has 172 valence electrons. The molecule has 4 aliphatic rings. The molecule has 0 bridgehead atoms. The maximum Gasteiger partial charge on any atom is 0.113 e. The minimum Gasteiger partial charge on any atom is -0.317 e. The Kier molecular flexibility index (Phi) is 5.78. The van der Waals surface area contributed by atoms with Crippen LogP contribution in [-0.2, 0) is 0 Å². The summed E-state index contributed by atoms with van der Waals surface area (Å²) in [6, 6.07) is 24.6. The topological polar surface area (TPSA) is 45.2 Å². The zero-order valence-electron chi connectivity index (χ0n) is 19.5. The van der Waals surface area contributed by atoms with Gasteiger partial charge in [-0.3, -0.25) is 4.98 Å². The van der Waals surface area contributed by atoms with Crippen LogP contribution in [0.4, 0.5) is 11.4 Å². The molecule has 4 heterocycles. The Morgan fingerprint density at radius 2 is 1.19 bits per heavy atom. The number of aromatic nitrogens is 3. The SMILES string of the molecule is C1=C/C(=C\c2ccc3c(/C=C4\C=CC=CN4c4ccccc4)nnc-3cn2)N(c2ccccc2)C=C1. The highest BCUT2D eigenvalue weighted by atomic mass is 15.1. The standard InChI is InChI=1S/C31H23N5/c1-3-11-25(12-4-1)35-19-9-7-15-27(35)21-24-17-18-29-30(33-34-31(29)23-32-24)22-28-16-8-10-20-36(28)26-13-5-2-6-14-26/h1-23H/b27-21+,28-22+. The fraction of sp³-hybridized carbons (Fsp3) is 0. The van der Waals surface area contributed by atoms with Crippen molar-refractivity contribution >= 4 is 23.5 Å². The lowest BCUT2D eigenvalue weighted by molar-refractivity contribution is 1.08. The van der Waals surface area contributed by atoms with Crippen LogP contribution in [0.5, 0.6) is 0 Å². The van der Waals surface area contributed by atoms with Crippen molar-refractivity contribution in [3.05, 3.63) is 151 Å². The highest BCUT2D eigenvalue weighted by Crippen LogP contribution is 2.29. The second-order valence-corrected chi connectivity index (χ2v) is 8.35. The minimum atomic E-state index is 0.757. The number of para-hydroxylation sites is 2. The lowest BCUT2D eigenvalue weighted by atomic mass is 10.1. The molecule has 36 heavy (non-hydrogen) atoms. The predicted octanol–water partition coefficient (Wildman–Crippen LogP) is 6.84. The quantitative estimate of drug-likeness (QED) is 0.330. The molecule has 0 radical (unpaired) electrons. The van der Waals surface area contributed by atoms with E-state index in [4.69, 9.17) is 4.98 Å². The number of rotatable bonds is 4. The molecule has 0 N–H and O–H groups in total. The van der Waals surface area contributed by atoms with Gasteiger partial charge in [-0.1, -0.05) is 48.6 Å². The van der Waals surface area contributed by atoms with Gasteiger partial charge in [0.2, 0.25) is 0 Å². The van der Waals surface area contributed by atoms with E-state index < -0.39 is 0 Å². The van der Waals surface area contributed by atoms with Gasteiger partial charge in [0, 0.05) is 40.7 Å². The Bertz CT molecular complexity index is 1530. The van der Waals surface area contributed by atoms with E-state index in [2.05, 4.69) is 81.0 Å². The van der Waals surface area contributed by atoms with Crippen molar-refractivity contribution in [2.75, 3.05) is 9.80 Å². The van der Waals surface area contributed by atoms with Gasteiger partial charge in [-0.15, -0.1) is 10.2 Å². The van der Waals surface area contributed by atoms with Gasteiger partial charge in [0.25, 0.3) is 0 Å². The Labute approximate surface area is 210 Å². The van der Waals surface area contributed by atoms with E-state index in [-0.39, 0.29) is 0 Å². The molecule has 0 spiro atoms. The van der Waals surface area contributed by atoms with E-state index >= 15 is 0 Å². The summed E-state index contributed by atoms with van der Waals surface area (Å²) in [6.07, 6.45) is 22.3. The summed E-state index contributed by atoms with van der Waals surface area (Å²) in [7, 11) is 0. The maximum absolute atomic E-state index is 4.69. The molecule has 0 amide bonds. The van der Waals surface area contributed by atoms with Crippen molar-refractivity contribution in [2.45, 2.75) is 0 Å². The summed E-state index contributed by atoms with van der Waals surface area (Å²) < 4.78 is 0. The van der Waals surface area contributed by atoms with Gasteiger partial charge in [-0.25, -0.2) is 0 Å². The van der Waals surface area contributed by atoms with Crippen LogP contribution in [0.3, 0.4) is 0 Å². The second kappa shape index (κ2) is 9.68. The van der Waals surface area contributed by atoms with Crippen LogP contribution in [0.15, 0.2) is 139 Å². The lowest BCUT2D eigenvalue weighted by Gasteiger charge is -2.23.